The maximum atomic E-state index is 6.01. The fraction of sp³-hybridized carbons (Fsp3) is 0.294. The molecule has 0 saturated heterocycles. The highest BCUT2D eigenvalue weighted by molar-refractivity contribution is 6.30. The van der Waals surface area contributed by atoms with Crippen LogP contribution < -0.4 is 10.1 Å². The summed E-state index contributed by atoms with van der Waals surface area (Å²) in [6.07, 6.45) is 0. The molecule has 0 unspecified atom stereocenters. The van der Waals surface area contributed by atoms with Gasteiger partial charge in [-0.25, -0.2) is 0 Å². The van der Waals surface area contributed by atoms with Crippen molar-refractivity contribution >= 4 is 17.3 Å². The van der Waals surface area contributed by atoms with Gasteiger partial charge in [-0.2, -0.15) is 0 Å². The van der Waals surface area contributed by atoms with Gasteiger partial charge in [-0.1, -0.05) is 29.8 Å². The smallest absolute Gasteiger partial charge is 0.141 e. The molecular formula is C17H21ClN2O. The van der Waals surface area contributed by atoms with Crippen molar-refractivity contribution in [1.29, 1.82) is 0 Å². The van der Waals surface area contributed by atoms with Gasteiger partial charge in [0.15, 0.2) is 0 Å². The molecule has 2 aromatic rings. The number of benzene rings is 2. The van der Waals surface area contributed by atoms with Gasteiger partial charge in [0, 0.05) is 18.1 Å². The third-order valence-electron chi connectivity index (χ3n) is 3.13. The number of nitrogens with one attached hydrogen (secondary N) is 1. The van der Waals surface area contributed by atoms with Gasteiger partial charge >= 0.3 is 0 Å². The normalized spacial score (nSPS) is 10.7. The molecule has 0 aromatic heterocycles. The Balaban J connectivity index is 2.13. The summed E-state index contributed by atoms with van der Waals surface area (Å²) >= 11 is 6.01. The number of ether oxygens (including phenoxy) is 1. The summed E-state index contributed by atoms with van der Waals surface area (Å²) in [5.41, 5.74) is 3.38. The molecule has 0 bridgehead atoms. The van der Waals surface area contributed by atoms with Gasteiger partial charge in [-0.15, -0.1) is 0 Å². The average molecular weight is 305 g/mol. The van der Waals surface area contributed by atoms with E-state index in [-0.39, 0.29) is 0 Å². The van der Waals surface area contributed by atoms with E-state index in [0.29, 0.717) is 6.54 Å². The summed E-state index contributed by atoms with van der Waals surface area (Å²) in [6.45, 7) is 1.61. The molecule has 0 heterocycles. The van der Waals surface area contributed by atoms with Gasteiger partial charge in [-0.05, 0) is 49.5 Å². The lowest BCUT2D eigenvalue weighted by molar-refractivity contribution is 0.400. The van der Waals surface area contributed by atoms with Gasteiger partial charge in [0.05, 0.1) is 12.8 Å². The van der Waals surface area contributed by atoms with E-state index in [1.165, 1.54) is 5.56 Å². The highest BCUT2D eigenvalue weighted by Crippen LogP contribution is 2.26. The van der Waals surface area contributed by atoms with Gasteiger partial charge in [0.25, 0.3) is 0 Å². The first-order valence-electron chi connectivity index (χ1n) is 6.88. The van der Waals surface area contributed by atoms with Gasteiger partial charge in [0.2, 0.25) is 0 Å². The van der Waals surface area contributed by atoms with Crippen molar-refractivity contribution in [3.63, 3.8) is 0 Å². The summed E-state index contributed by atoms with van der Waals surface area (Å²) in [4.78, 5) is 2.14. The second kappa shape index (κ2) is 7.34. The number of nitrogens with zero attached hydrogens (tertiary/aromatic N) is 1. The minimum Gasteiger partial charge on any atom is -0.495 e. The molecule has 2 aromatic carbocycles. The summed E-state index contributed by atoms with van der Waals surface area (Å²) in [6, 6.07) is 14.1. The van der Waals surface area contributed by atoms with Crippen molar-refractivity contribution in [2.75, 3.05) is 26.5 Å². The van der Waals surface area contributed by atoms with Crippen LogP contribution in [0.5, 0.6) is 5.75 Å². The van der Waals surface area contributed by atoms with Crippen molar-refractivity contribution in [2.45, 2.75) is 13.1 Å². The molecule has 0 aliphatic carbocycles. The molecule has 3 nitrogen and oxygen atoms in total. The number of hydrogen-bond acceptors (Lipinski definition) is 3. The maximum absolute atomic E-state index is 6.01. The Morgan fingerprint density at radius 1 is 1.10 bits per heavy atom. The third-order valence-corrected chi connectivity index (χ3v) is 3.37. The van der Waals surface area contributed by atoms with E-state index in [4.69, 9.17) is 16.3 Å². The van der Waals surface area contributed by atoms with E-state index in [1.807, 2.05) is 24.3 Å². The van der Waals surface area contributed by atoms with Crippen LogP contribution in [0.4, 0.5) is 5.69 Å². The highest BCUT2D eigenvalue weighted by Gasteiger charge is 2.05. The van der Waals surface area contributed by atoms with E-state index in [9.17, 15) is 0 Å². The Morgan fingerprint density at radius 2 is 1.90 bits per heavy atom. The predicted octanol–water partition coefficient (Wildman–Crippen LogP) is 4.02. The standard InChI is InChI=1S/C17H21ClN2O/c1-20(2)12-14-7-8-17(21-3)16(10-14)19-11-13-5-4-6-15(18)9-13/h4-10,19H,11-12H2,1-3H3. The van der Waals surface area contributed by atoms with Crippen molar-refractivity contribution < 1.29 is 4.74 Å². The molecular weight excluding hydrogens is 284 g/mol. The molecule has 4 heteroatoms. The zero-order chi connectivity index (χ0) is 15.2. The van der Waals surface area contributed by atoms with Crippen LogP contribution in [-0.2, 0) is 13.1 Å². The first-order valence-corrected chi connectivity index (χ1v) is 7.26. The fourth-order valence-electron chi connectivity index (χ4n) is 2.20. The van der Waals surface area contributed by atoms with Crippen molar-refractivity contribution in [2.24, 2.45) is 0 Å². The van der Waals surface area contributed by atoms with E-state index in [2.05, 4.69) is 42.5 Å². The number of rotatable bonds is 6. The Kier molecular flexibility index (Phi) is 5.48. The summed E-state index contributed by atoms with van der Waals surface area (Å²) in [5, 5.41) is 4.17. The van der Waals surface area contributed by atoms with Crippen LogP contribution in [0.2, 0.25) is 5.02 Å². The van der Waals surface area contributed by atoms with E-state index >= 15 is 0 Å². The average Bonchev–Trinajstić information content (AvgIpc) is 2.45. The Labute approximate surface area is 131 Å². The molecule has 0 atom stereocenters. The van der Waals surface area contributed by atoms with Crippen LogP contribution in [-0.4, -0.2) is 26.1 Å². The molecule has 112 valence electrons. The fourth-order valence-corrected chi connectivity index (χ4v) is 2.41. The van der Waals surface area contributed by atoms with Crippen molar-refractivity contribution in [3.8, 4) is 5.75 Å². The lowest BCUT2D eigenvalue weighted by Crippen LogP contribution is -2.11. The summed E-state index contributed by atoms with van der Waals surface area (Å²) in [7, 11) is 5.80. The zero-order valence-corrected chi connectivity index (χ0v) is 13.4. The van der Waals surface area contributed by atoms with Gasteiger partial charge < -0.3 is 15.0 Å². The molecule has 0 aliphatic heterocycles. The van der Waals surface area contributed by atoms with Crippen molar-refractivity contribution in [3.05, 3.63) is 58.6 Å². The Hall–Kier alpha value is -1.71. The van der Waals surface area contributed by atoms with Crippen molar-refractivity contribution in [1.82, 2.24) is 4.90 Å². The molecule has 1 N–H and O–H groups in total. The molecule has 2 rings (SSSR count). The quantitative estimate of drug-likeness (QED) is 0.872. The molecule has 0 spiro atoms. The first-order chi connectivity index (χ1) is 10.1. The minimum atomic E-state index is 0.711. The maximum Gasteiger partial charge on any atom is 0.141 e. The lowest BCUT2D eigenvalue weighted by atomic mass is 10.1. The number of halogens is 1. The van der Waals surface area contributed by atoms with Crippen LogP contribution in [0.3, 0.4) is 0 Å². The SMILES string of the molecule is COc1ccc(CN(C)C)cc1NCc1cccc(Cl)c1. The topological polar surface area (TPSA) is 24.5 Å². The van der Waals surface area contributed by atoms with Crippen LogP contribution in [0.15, 0.2) is 42.5 Å². The van der Waals surface area contributed by atoms with Gasteiger partial charge in [-0.3, -0.25) is 0 Å². The van der Waals surface area contributed by atoms with Crippen LogP contribution in [0, 0.1) is 0 Å². The molecule has 0 amide bonds. The number of anilines is 1. The second-order valence-corrected chi connectivity index (χ2v) is 5.69. The van der Waals surface area contributed by atoms with E-state index in [1.54, 1.807) is 7.11 Å². The molecule has 0 saturated carbocycles. The van der Waals surface area contributed by atoms with Gasteiger partial charge in [0.1, 0.15) is 5.75 Å². The van der Waals surface area contributed by atoms with Crippen LogP contribution >= 0.6 is 11.6 Å². The van der Waals surface area contributed by atoms with E-state index in [0.717, 1.165) is 28.6 Å². The molecule has 0 fully saturated rings. The second-order valence-electron chi connectivity index (χ2n) is 5.26. The summed E-state index contributed by atoms with van der Waals surface area (Å²) in [5.74, 6) is 0.847. The summed E-state index contributed by atoms with van der Waals surface area (Å²) < 4.78 is 5.42. The zero-order valence-electron chi connectivity index (χ0n) is 12.7. The highest BCUT2D eigenvalue weighted by atomic mass is 35.5. The molecule has 0 aliphatic rings. The number of methoxy groups -OCH3 is 1. The van der Waals surface area contributed by atoms with E-state index < -0.39 is 0 Å². The number of hydrogen-bond donors (Lipinski definition) is 1. The minimum absolute atomic E-state index is 0.711. The molecule has 0 radical (unpaired) electrons. The van der Waals surface area contributed by atoms with Crippen LogP contribution in [0.25, 0.3) is 0 Å². The monoisotopic (exact) mass is 304 g/mol. The predicted molar refractivity (Wildman–Crippen MR) is 89.2 cm³/mol. The third kappa shape index (κ3) is 4.66. The molecule has 21 heavy (non-hydrogen) atoms. The lowest BCUT2D eigenvalue weighted by Gasteiger charge is -2.15. The first kappa shape index (κ1) is 15.7. The Bertz CT molecular complexity index is 599. The largest absolute Gasteiger partial charge is 0.495 e. The Morgan fingerprint density at radius 3 is 2.57 bits per heavy atom. The van der Waals surface area contributed by atoms with Crippen LogP contribution in [0.1, 0.15) is 11.1 Å².